The number of aryl methyl sites for hydroxylation is 1. The van der Waals surface area contributed by atoms with Crippen molar-refractivity contribution in [3.05, 3.63) is 47.5 Å². The van der Waals surface area contributed by atoms with E-state index in [0.29, 0.717) is 19.0 Å². The summed E-state index contributed by atoms with van der Waals surface area (Å²) >= 11 is 0. The predicted octanol–water partition coefficient (Wildman–Crippen LogP) is 3.63. The highest BCUT2D eigenvalue weighted by Crippen LogP contribution is 2.42. The summed E-state index contributed by atoms with van der Waals surface area (Å²) in [6.45, 7) is 0.972. The van der Waals surface area contributed by atoms with Crippen molar-refractivity contribution in [2.24, 2.45) is 12.0 Å². The highest BCUT2D eigenvalue weighted by atomic mass is 127. The number of guanidine groups is 1. The van der Waals surface area contributed by atoms with Crippen LogP contribution >= 0.6 is 24.0 Å². The first-order valence-electron chi connectivity index (χ1n) is 9.29. The molecular weight excluding hydrogens is 496 g/mol. The molecule has 0 aliphatic heterocycles. The molecule has 6 nitrogen and oxygen atoms in total. The SMILES string of the molecule is CN=C(NCc1ncnn1C)NCC1(c2cccc(C(F)(F)F)c2)CCCC1.I. The Balaban J connectivity index is 0.00000300. The molecule has 0 atom stereocenters. The van der Waals surface area contributed by atoms with Crippen molar-refractivity contribution in [1.82, 2.24) is 25.4 Å². The molecule has 1 aliphatic rings. The van der Waals surface area contributed by atoms with Crippen LogP contribution in [0.2, 0.25) is 0 Å². The average Bonchev–Trinajstić information content (AvgIpc) is 3.31. The Kier molecular flexibility index (Phi) is 7.89. The lowest BCUT2D eigenvalue weighted by Crippen LogP contribution is -2.44. The average molecular weight is 522 g/mol. The second-order valence-corrected chi connectivity index (χ2v) is 7.15. The van der Waals surface area contributed by atoms with Crippen LogP contribution in [-0.2, 0) is 25.2 Å². The number of aromatic nitrogens is 3. The zero-order valence-corrected chi connectivity index (χ0v) is 18.8. The monoisotopic (exact) mass is 522 g/mol. The number of benzene rings is 1. The molecule has 1 aromatic heterocycles. The van der Waals surface area contributed by atoms with Crippen molar-refractivity contribution < 1.29 is 13.2 Å². The lowest BCUT2D eigenvalue weighted by molar-refractivity contribution is -0.137. The van der Waals surface area contributed by atoms with E-state index in [2.05, 4.69) is 25.7 Å². The Morgan fingerprint density at radius 1 is 1.24 bits per heavy atom. The Hall–Kier alpha value is -1.85. The van der Waals surface area contributed by atoms with Gasteiger partial charge in [-0.15, -0.1) is 24.0 Å². The van der Waals surface area contributed by atoms with Gasteiger partial charge in [0.1, 0.15) is 12.2 Å². The van der Waals surface area contributed by atoms with Crippen LogP contribution in [0.5, 0.6) is 0 Å². The Morgan fingerprint density at radius 2 is 1.97 bits per heavy atom. The van der Waals surface area contributed by atoms with Crippen LogP contribution in [0.25, 0.3) is 0 Å². The van der Waals surface area contributed by atoms with E-state index in [1.165, 1.54) is 18.5 Å². The summed E-state index contributed by atoms with van der Waals surface area (Å²) in [6.07, 6.45) is 0.847. The van der Waals surface area contributed by atoms with Crippen molar-refractivity contribution in [3.8, 4) is 0 Å². The molecular formula is C19H26F3IN6. The number of nitrogens with one attached hydrogen (secondary N) is 2. The summed E-state index contributed by atoms with van der Waals surface area (Å²) in [4.78, 5) is 8.37. The maximum absolute atomic E-state index is 13.2. The number of hydrogen-bond donors (Lipinski definition) is 2. The van der Waals surface area contributed by atoms with Crippen molar-refractivity contribution >= 4 is 29.9 Å². The van der Waals surface area contributed by atoms with E-state index in [-0.39, 0.29) is 29.4 Å². The topological polar surface area (TPSA) is 67.1 Å². The first-order chi connectivity index (χ1) is 13.3. The summed E-state index contributed by atoms with van der Waals surface area (Å²) in [5.74, 6) is 1.35. The van der Waals surface area contributed by atoms with E-state index in [1.54, 1.807) is 24.8 Å². The van der Waals surface area contributed by atoms with Crippen LogP contribution in [0.4, 0.5) is 13.2 Å². The Labute approximate surface area is 185 Å². The lowest BCUT2D eigenvalue weighted by Gasteiger charge is -2.31. The van der Waals surface area contributed by atoms with E-state index in [0.717, 1.165) is 43.1 Å². The third kappa shape index (κ3) is 5.61. The van der Waals surface area contributed by atoms with Gasteiger partial charge in [0, 0.05) is 26.1 Å². The largest absolute Gasteiger partial charge is 0.416 e. The minimum absolute atomic E-state index is 0. The third-order valence-corrected chi connectivity index (χ3v) is 5.40. The van der Waals surface area contributed by atoms with Crippen molar-refractivity contribution in [2.45, 2.75) is 43.8 Å². The molecule has 1 fully saturated rings. The van der Waals surface area contributed by atoms with Crippen molar-refractivity contribution in [3.63, 3.8) is 0 Å². The molecule has 0 spiro atoms. The number of nitrogens with zero attached hydrogens (tertiary/aromatic N) is 4. The fraction of sp³-hybridized carbons (Fsp3) is 0.526. The standard InChI is InChI=1S/C19H25F3N6.HI/c1-23-17(24-11-16-26-13-27-28(16)2)25-12-18(8-3-4-9-18)14-6-5-7-15(10-14)19(20,21)22;/h5-7,10,13H,3-4,8-9,11-12H2,1-2H3,(H2,23,24,25);1H. The quantitative estimate of drug-likeness (QED) is 0.358. The molecule has 10 heteroatoms. The van der Waals surface area contributed by atoms with E-state index in [4.69, 9.17) is 0 Å². The molecule has 1 aliphatic carbocycles. The fourth-order valence-electron chi connectivity index (χ4n) is 3.76. The molecule has 0 amide bonds. The first-order valence-corrected chi connectivity index (χ1v) is 9.29. The molecule has 1 aromatic carbocycles. The molecule has 0 radical (unpaired) electrons. The molecule has 2 aromatic rings. The van der Waals surface area contributed by atoms with Gasteiger partial charge in [0.15, 0.2) is 5.96 Å². The molecule has 0 saturated heterocycles. The fourth-order valence-corrected chi connectivity index (χ4v) is 3.76. The molecule has 29 heavy (non-hydrogen) atoms. The predicted molar refractivity (Wildman–Crippen MR) is 116 cm³/mol. The molecule has 0 bridgehead atoms. The molecule has 3 rings (SSSR count). The van der Waals surface area contributed by atoms with Gasteiger partial charge in [0.25, 0.3) is 0 Å². The lowest BCUT2D eigenvalue weighted by atomic mass is 9.78. The summed E-state index contributed by atoms with van der Waals surface area (Å²) < 4.78 is 41.1. The van der Waals surface area contributed by atoms with Gasteiger partial charge in [-0.1, -0.05) is 31.0 Å². The van der Waals surface area contributed by atoms with E-state index >= 15 is 0 Å². The van der Waals surface area contributed by atoms with Crippen molar-refractivity contribution in [1.29, 1.82) is 0 Å². The smallest absolute Gasteiger partial charge is 0.356 e. The normalized spacial score (nSPS) is 16.4. The number of alkyl halides is 3. The Bertz CT molecular complexity index is 827. The van der Waals surface area contributed by atoms with Crippen LogP contribution < -0.4 is 10.6 Å². The Morgan fingerprint density at radius 3 is 2.55 bits per heavy atom. The van der Waals surface area contributed by atoms with Crippen molar-refractivity contribution in [2.75, 3.05) is 13.6 Å². The third-order valence-electron chi connectivity index (χ3n) is 5.40. The van der Waals surface area contributed by atoms with E-state index in [9.17, 15) is 13.2 Å². The number of aliphatic imine (C=N–C) groups is 1. The molecule has 1 heterocycles. The second kappa shape index (κ2) is 9.77. The summed E-state index contributed by atoms with van der Waals surface area (Å²) in [5.41, 5.74) is -0.193. The van der Waals surface area contributed by atoms with Gasteiger partial charge >= 0.3 is 6.18 Å². The summed E-state index contributed by atoms with van der Waals surface area (Å²) in [5, 5.41) is 10.5. The molecule has 0 unspecified atom stereocenters. The second-order valence-electron chi connectivity index (χ2n) is 7.15. The van der Waals surface area contributed by atoms with Gasteiger partial charge < -0.3 is 10.6 Å². The van der Waals surface area contributed by atoms with E-state index < -0.39 is 11.7 Å². The molecule has 1 saturated carbocycles. The van der Waals surface area contributed by atoms with Crippen LogP contribution in [-0.4, -0.2) is 34.3 Å². The van der Waals surface area contributed by atoms with Crippen LogP contribution in [0.3, 0.4) is 0 Å². The molecule has 160 valence electrons. The van der Waals surface area contributed by atoms with E-state index in [1.807, 2.05) is 0 Å². The zero-order valence-electron chi connectivity index (χ0n) is 16.5. The van der Waals surface area contributed by atoms with Crippen LogP contribution in [0.1, 0.15) is 42.6 Å². The highest BCUT2D eigenvalue weighted by molar-refractivity contribution is 14.0. The van der Waals surface area contributed by atoms with Gasteiger partial charge in [-0.2, -0.15) is 18.3 Å². The number of halogens is 4. The minimum Gasteiger partial charge on any atom is -0.356 e. The van der Waals surface area contributed by atoms with Gasteiger partial charge in [-0.3, -0.25) is 9.67 Å². The number of rotatable bonds is 5. The van der Waals surface area contributed by atoms with Gasteiger partial charge in [0.2, 0.25) is 0 Å². The minimum atomic E-state index is -4.34. The summed E-state index contributed by atoms with van der Waals surface area (Å²) in [7, 11) is 3.47. The highest BCUT2D eigenvalue weighted by Gasteiger charge is 2.38. The zero-order chi connectivity index (χ0) is 20.2. The van der Waals surface area contributed by atoms with Gasteiger partial charge in [-0.05, 0) is 24.5 Å². The van der Waals surface area contributed by atoms with Gasteiger partial charge in [-0.25, -0.2) is 4.98 Å². The van der Waals surface area contributed by atoms with Crippen LogP contribution in [0.15, 0.2) is 35.6 Å². The maximum atomic E-state index is 13.2. The maximum Gasteiger partial charge on any atom is 0.416 e. The van der Waals surface area contributed by atoms with Crippen LogP contribution in [0, 0.1) is 0 Å². The molecule has 2 N–H and O–H groups in total. The first kappa shape index (κ1) is 23.4. The number of hydrogen-bond acceptors (Lipinski definition) is 3. The summed E-state index contributed by atoms with van der Waals surface area (Å²) in [6, 6.07) is 5.72. The van der Waals surface area contributed by atoms with Gasteiger partial charge in [0.05, 0.1) is 12.1 Å².